The molecule has 2 nitrogen and oxygen atoms in total. The second-order valence-electron chi connectivity index (χ2n) is 3.57. The minimum Gasteiger partial charge on any atom is -1.00 e. The first-order chi connectivity index (χ1) is 6.86. The van der Waals surface area contributed by atoms with E-state index in [1.165, 1.54) is 6.42 Å². The molecule has 1 saturated heterocycles. The molecule has 0 aromatic heterocycles. The summed E-state index contributed by atoms with van der Waals surface area (Å²) in [6.07, 6.45) is 3.28. The van der Waals surface area contributed by atoms with Crippen LogP contribution in [0.25, 0.3) is 0 Å². The van der Waals surface area contributed by atoms with Gasteiger partial charge >= 0.3 is 23.1 Å². The summed E-state index contributed by atoms with van der Waals surface area (Å²) in [7, 11) is 0. The molecule has 1 unspecified atom stereocenters. The van der Waals surface area contributed by atoms with Crippen molar-refractivity contribution in [3.63, 3.8) is 0 Å². The van der Waals surface area contributed by atoms with E-state index in [2.05, 4.69) is 6.07 Å². The van der Waals surface area contributed by atoms with E-state index in [0.717, 1.165) is 30.8 Å². The van der Waals surface area contributed by atoms with Gasteiger partial charge in [-0.25, -0.2) is 0 Å². The molecule has 1 atom stereocenters. The Morgan fingerprint density at radius 2 is 2.18 bits per heavy atom. The van der Waals surface area contributed by atoms with Crippen LogP contribution in [0.4, 0.5) is 0 Å². The van der Waals surface area contributed by atoms with Gasteiger partial charge in [0.2, 0.25) is 0 Å². The smallest absolute Gasteiger partial charge is 1.00 e. The molecule has 1 aliphatic rings. The fourth-order valence-electron chi connectivity index (χ4n) is 1.58. The van der Waals surface area contributed by atoms with Crippen LogP contribution in [0.15, 0.2) is 18.2 Å². The molecule has 92 valence electrons. The molecule has 1 aliphatic heterocycles. The standard InChI is InChI=1S/C12H15O2.BrH.FH.Mg/c1-10-6-2-3-7-11(10)14-12-8-4-5-9-13-12;;;/h2-3,7,12H,4-5,8-9H2,1H3;2*1H;/q-1;;;+2/p-1. The maximum Gasteiger partial charge on any atom is 2.00 e. The van der Waals surface area contributed by atoms with Crippen molar-refractivity contribution in [3.05, 3.63) is 29.8 Å². The third-order valence-electron chi connectivity index (χ3n) is 2.41. The van der Waals surface area contributed by atoms with Gasteiger partial charge in [-0.15, -0.1) is 28.6 Å². The van der Waals surface area contributed by atoms with Crippen LogP contribution in [0, 0.1) is 13.0 Å². The molecular weight excluding hydrogens is 299 g/mol. The Morgan fingerprint density at radius 1 is 1.41 bits per heavy atom. The van der Waals surface area contributed by atoms with Crippen molar-refractivity contribution in [1.29, 1.82) is 0 Å². The van der Waals surface area contributed by atoms with E-state index in [1.54, 1.807) is 0 Å². The monoisotopic (exact) mass is 314 g/mol. The number of ether oxygens (including phenoxy) is 2. The third-order valence-corrected chi connectivity index (χ3v) is 2.41. The Labute approximate surface area is 128 Å². The molecule has 0 radical (unpaired) electrons. The fraction of sp³-hybridized carbons (Fsp3) is 0.500. The molecule has 1 aromatic rings. The molecular formula is C12H16BrFMgO2. The van der Waals surface area contributed by atoms with Gasteiger partial charge in [0.05, 0.1) is 6.61 Å². The van der Waals surface area contributed by atoms with Gasteiger partial charge in [-0.05, 0) is 12.8 Å². The first-order valence-electron chi connectivity index (χ1n) is 5.12. The van der Waals surface area contributed by atoms with Gasteiger partial charge in [0.1, 0.15) is 0 Å². The van der Waals surface area contributed by atoms with Gasteiger partial charge in [-0.1, -0.05) is 6.92 Å². The first-order valence-corrected chi connectivity index (χ1v) is 5.12. The van der Waals surface area contributed by atoms with Crippen LogP contribution in [0.1, 0.15) is 24.8 Å². The van der Waals surface area contributed by atoms with Crippen molar-refractivity contribution in [3.8, 4) is 5.75 Å². The number of hydrogen-bond donors (Lipinski definition) is 0. The maximum absolute atomic E-state index is 5.73. The van der Waals surface area contributed by atoms with Gasteiger partial charge < -0.3 is 14.2 Å². The summed E-state index contributed by atoms with van der Waals surface area (Å²) in [4.78, 5) is 0. The quantitative estimate of drug-likeness (QED) is 0.561. The molecule has 2 rings (SSSR count). The number of halogens is 2. The van der Waals surface area contributed by atoms with Crippen molar-refractivity contribution < 1.29 is 14.2 Å². The van der Waals surface area contributed by atoms with Gasteiger partial charge in [0, 0.05) is 12.2 Å². The Hall–Kier alpha value is 0.156. The zero-order valence-electron chi connectivity index (χ0n) is 9.95. The average molecular weight is 315 g/mol. The number of aryl methyl sites for hydroxylation is 1. The van der Waals surface area contributed by atoms with Crippen molar-refractivity contribution >= 4 is 40.0 Å². The second kappa shape index (κ2) is 10.1. The molecule has 0 amide bonds. The van der Waals surface area contributed by atoms with Gasteiger partial charge in [0.15, 0.2) is 6.29 Å². The first kappa shape index (κ1) is 19.5. The summed E-state index contributed by atoms with van der Waals surface area (Å²) in [5, 5.41) is 0. The summed E-state index contributed by atoms with van der Waals surface area (Å²) in [5.41, 5.74) is 1.04. The molecule has 17 heavy (non-hydrogen) atoms. The maximum atomic E-state index is 5.73. The van der Waals surface area contributed by atoms with Crippen LogP contribution >= 0.6 is 17.0 Å². The summed E-state index contributed by atoms with van der Waals surface area (Å²) in [5.74, 6) is 0.888. The van der Waals surface area contributed by atoms with Crippen LogP contribution in [-0.4, -0.2) is 35.9 Å². The Bertz CT molecular complexity index is 306. The molecule has 1 aromatic carbocycles. The van der Waals surface area contributed by atoms with E-state index in [1.807, 2.05) is 25.1 Å². The zero-order chi connectivity index (χ0) is 9.80. The van der Waals surface area contributed by atoms with E-state index < -0.39 is 0 Å². The number of benzene rings is 1. The van der Waals surface area contributed by atoms with Crippen molar-refractivity contribution in [2.24, 2.45) is 0 Å². The molecule has 0 N–H and O–H groups in total. The predicted molar refractivity (Wildman–Crippen MR) is 70.3 cm³/mol. The molecule has 0 spiro atoms. The Morgan fingerprint density at radius 3 is 2.76 bits per heavy atom. The fourth-order valence-corrected chi connectivity index (χ4v) is 1.58. The van der Waals surface area contributed by atoms with Crippen LogP contribution in [0.2, 0.25) is 0 Å². The summed E-state index contributed by atoms with van der Waals surface area (Å²) < 4.78 is 11.2. The van der Waals surface area contributed by atoms with Crippen molar-refractivity contribution in [2.45, 2.75) is 32.5 Å². The third kappa shape index (κ3) is 6.04. The largest absolute Gasteiger partial charge is 2.00 e. The zero-order valence-corrected chi connectivity index (χ0v) is 13.1. The van der Waals surface area contributed by atoms with E-state index in [0.29, 0.717) is 0 Å². The number of hydrogen-bond acceptors (Lipinski definition) is 2. The van der Waals surface area contributed by atoms with Gasteiger partial charge in [-0.2, -0.15) is 18.2 Å². The second-order valence-corrected chi connectivity index (χ2v) is 3.57. The number of rotatable bonds is 2. The molecule has 0 saturated carbocycles. The SMILES string of the molecule is Br.Cc1[c-]cccc1OC1CCCCO1.[F-].[Mg+2]. The topological polar surface area (TPSA) is 18.5 Å². The van der Waals surface area contributed by atoms with Crippen molar-refractivity contribution in [1.82, 2.24) is 0 Å². The van der Waals surface area contributed by atoms with E-state index >= 15 is 0 Å². The molecule has 5 heteroatoms. The normalized spacial score (nSPS) is 18.1. The molecule has 1 heterocycles. The van der Waals surface area contributed by atoms with Crippen LogP contribution in [0.5, 0.6) is 5.75 Å². The average Bonchev–Trinajstić information content (AvgIpc) is 2.23. The minimum absolute atomic E-state index is 0. The summed E-state index contributed by atoms with van der Waals surface area (Å²) in [6, 6.07) is 8.90. The van der Waals surface area contributed by atoms with E-state index in [9.17, 15) is 0 Å². The molecule has 0 bridgehead atoms. The summed E-state index contributed by atoms with van der Waals surface area (Å²) in [6.45, 7) is 2.82. The van der Waals surface area contributed by atoms with Crippen molar-refractivity contribution in [2.75, 3.05) is 6.61 Å². The Balaban J connectivity index is 0. The van der Waals surface area contributed by atoms with Crippen LogP contribution < -0.4 is 9.44 Å². The van der Waals surface area contributed by atoms with Crippen LogP contribution in [-0.2, 0) is 4.74 Å². The molecule has 0 aliphatic carbocycles. The predicted octanol–water partition coefficient (Wildman–Crippen LogP) is -0.0983. The van der Waals surface area contributed by atoms with Crippen LogP contribution in [0.3, 0.4) is 0 Å². The summed E-state index contributed by atoms with van der Waals surface area (Å²) >= 11 is 0. The van der Waals surface area contributed by atoms with Gasteiger partial charge in [0.25, 0.3) is 0 Å². The van der Waals surface area contributed by atoms with E-state index in [-0.39, 0.29) is 51.0 Å². The van der Waals surface area contributed by atoms with Gasteiger partial charge in [-0.3, -0.25) is 0 Å². The Kier molecular flexibility index (Phi) is 11.6. The minimum atomic E-state index is -0.0572. The molecule has 1 fully saturated rings. The van der Waals surface area contributed by atoms with E-state index in [4.69, 9.17) is 9.47 Å².